The summed E-state index contributed by atoms with van der Waals surface area (Å²) < 4.78 is 38.4. The van der Waals surface area contributed by atoms with Gasteiger partial charge < -0.3 is 19.7 Å². The average Bonchev–Trinajstić information content (AvgIpc) is 3.20. The smallest absolute Gasteiger partial charge is 0.280 e. The summed E-state index contributed by atoms with van der Waals surface area (Å²) in [6.45, 7) is 2.74. The summed E-state index contributed by atoms with van der Waals surface area (Å²) in [5, 5.41) is 14.1. The number of carbonyl (C=O) groups is 1. The third-order valence-corrected chi connectivity index (χ3v) is 7.75. The summed E-state index contributed by atoms with van der Waals surface area (Å²) in [5.74, 6) is 0.798. The average molecular weight is 450 g/mol. The van der Waals surface area contributed by atoms with E-state index in [2.05, 4.69) is 5.32 Å². The number of amides is 1. The normalized spacial score (nSPS) is 17.3. The molecule has 1 saturated heterocycles. The first-order valence-corrected chi connectivity index (χ1v) is 11.8. The van der Waals surface area contributed by atoms with Crippen molar-refractivity contribution >= 4 is 32.3 Å². The van der Waals surface area contributed by atoms with E-state index in [0.717, 1.165) is 4.90 Å². The van der Waals surface area contributed by atoms with E-state index >= 15 is 0 Å². The molecule has 0 spiro atoms. The van der Waals surface area contributed by atoms with Crippen molar-refractivity contribution in [2.24, 2.45) is 0 Å². The molecule has 0 atom stereocenters. The quantitative estimate of drug-likeness (QED) is 0.660. The van der Waals surface area contributed by atoms with Crippen molar-refractivity contribution in [3.05, 3.63) is 35.2 Å². The fourth-order valence-electron chi connectivity index (χ4n) is 3.44. The number of hydrogen-bond donors (Lipinski definition) is 2. The Kier molecular flexibility index (Phi) is 5.92. The Bertz CT molecular complexity index is 1080. The van der Waals surface area contributed by atoms with Crippen molar-refractivity contribution in [3.63, 3.8) is 0 Å². The number of quaternary nitrogens is 1. The maximum atomic E-state index is 13.0. The Balaban J connectivity index is 1.35. The molecular weight excluding hydrogens is 428 g/mol. The number of nitriles is 1. The molecule has 1 amide bonds. The Morgan fingerprint density at radius 3 is 2.67 bits per heavy atom. The van der Waals surface area contributed by atoms with Crippen molar-refractivity contribution < 1.29 is 27.6 Å². The van der Waals surface area contributed by atoms with Crippen LogP contribution in [0.2, 0.25) is 0 Å². The molecule has 3 heterocycles. The molecule has 2 aliphatic rings. The highest BCUT2D eigenvalue weighted by atomic mass is 32.2. The maximum Gasteiger partial charge on any atom is 0.280 e. The minimum atomic E-state index is -3.65. The third-order valence-electron chi connectivity index (χ3n) is 5.03. The van der Waals surface area contributed by atoms with Gasteiger partial charge in [-0.25, -0.2) is 8.42 Å². The van der Waals surface area contributed by atoms with Gasteiger partial charge in [0.25, 0.3) is 5.91 Å². The predicted octanol–water partition coefficient (Wildman–Crippen LogP) is -0.0811. The first-order chi connectivity index (χ1) is 14.5. The van der Waals surface area contributed by atoms with Crippen LogP contribution in [0.5, 0.6) is 11.5 Å². The van der Waals surface area contributed by atoms with Crippen molar-refractivity contribution in [3.8, 4) is 17.6 Å². The molecule has 30 heavy (non-hydrogen) atoms. The fraction of sp³-hybridized carbons (Fsp3) is 0.368. The Morgan fingerprint density at radius 2 is 1.93 bits per heavy atom. The van der Waals surface area contributed by atoms with Gasteiger partial charge in [0.05, 0.1) is 36.6 Å². The second kappa shape index (κ2) is 8.61. The van der Waals surface area contributed by atoms with Gasteiger partial charge in [0.2, 0.25) is 10.0 Å². The molecule has 1 aromatic heterocycles. The maximum absolute atomic E-state index is 13.0. The molecule has 9 nitrogen and oxygen atoms in total. The summed E-state index contributed by atoms with van der Waals surface area (Å²) in [6, 6.07) is 8.36. The molecule has 0 unspecified atom stereocenters. The van der Waals surface area contributed by atoms with Crippen molar-refractivity contribution in [1.29, 1.82) is 5.26 Å². The van der Waals surface area contributed by atoms with E-state index in [1.54, 1.807) is 17.5 Å². The van der Waals surface area contributed by atoms with Crippen LogP contribution in [0.3, 0.4) is 0 Å². The molecule has 1 aromatic carbocycles. The van der Waals surface area contributed by atoms with Gasteiger partial charge in [-0.1, -0.05) is 0 Å². The number of carbonyl (C=O) groups excluding carboxylic acids is 1. The topological polar surface area (TPSA) is 113 Å². The SMILES string of the molecule is N#Cc1ccsc1NC(=O)C[NH+]1CCN(S(=O)(=O)c2ccc3c(c2)OCCO3)CC1. The summed E-state index contributed by atoms with van der Waals surface area (Å²) in [4.78, 5) is 13.5. The largest absolute Gasteiger partial charge is 0.486 e. The predicted molar refractivity (Wildman–Crippen MR) is 109 cm³/mol. The van der Waals surface area contributed by atoms with Gasteiger partial charge in [-0.05, 0) is 23.6 Å². The number of thiophene rings is 1. The van der Waals surface area contributed by atoms with Gasteiger partial charge in [0.1, 0.15) is 24.3 Å². The second-order valence-corrected chi connectivity index (χ2v) is 9.81. The number of fused-ring (bicyclic) bond motifs is 1. The van der Waals surface area contributed by atoms with E-state index in [0.29, 0.717) is 61.5 Å². The molecule has 11 heteroatoms. The van der Waals surface area contributed by atoms with E-state index in [1.807, 2.05) is 6.07 Å². The van der Waals surface area contributed by atoms with Gasteiger partial charge in [-0.15, -0.1) is 11.3 Å². The third kappa shape index (κ3) is 4.27. The van der Waals surface area contributed by atoms with Crippen LogP contribution >= 0.6 is 11.3 Å². The van der Waals surface area contributed by atoms with Crippen LogP contribution in [0, 0.1) is 11.3 Å². The highest BCUT2D eigenvalue weighted by Gasteiger charge is 2.32. The fourth-order valence-corrected chi connectivity index (χ4v) is 5.66. The van der Waals surface area contributed by atoms with Crippen LogP contribution in [0.25, 0.3) is 0 Å². The second-order valence-electron chi connectivity index (χ2n) is 6.96. The lowest BCUT2D eigenvalue weighted by molar-refractivity contribution is -0.895. The van der Waals surface area contributed by atoms with Crippen LogP contribution < -0.4 is 19.7 Å². The lowest BCUT2D eigenvalue weighted by Crippen LogP contribution is -3.15. The number of benzene rings is 1. The number of rotatable bonds is 5. The molecule has 2 N–H and O–H groups in total. The van der Waals surface area contributed by atoms with Crippen LogP contribution in [-0.2, 0) is 14.8 Å². The molecular formula is C19H21N4O5S2+. The summed E-state index contributed by atoms with van der Waals surface area (Å²) in [7, 11) is -3.65. The molecule has 0 radical (unpaired) electrons. The Labute approximate surface area is 178 Å². The van der Waals surface area contributed by atoms with Gasteiger partial charge in [-0.2, -0.15) is 9.57 Å². The van der Waals surface area contributed by atoms with Crippen LogP contribution in [-0.4, -0.2) is 64.6 Å². The lowest BCUT2D eigenvalue weighted by Gasteiger charge is -2.31. The molecule has 2 aliphatic heterocycles. The van der Waals surface area contributed by atoms with E-state index in [4.69, 9.17) is 14.7 Å². The zero-order chi connectivity index (χ0) is 21.1. The number of anilines is 1. The lowest BCUT2D eigenvalue weighted by atomic mass is 10.3. The molecule has 2 aromatic rings. The molecule has 0 bridgehead atoms. The molecule has 0 saturated carbocycles. The van der Waals surface area contributed by atoms with Crippen LogP contribution in [0.1, 0.15) is 5.56 Å². The number of sulfonamides is 1. The van der Waals surface area contributed by atoms with Crippen molar-refractivity contribution in [1.82, 2.24) is 4.31 Å². The van der Waals surface area contributed by atoms with Gasteiger partial charge in [0.15, 0.2) is 18.0 Å². The number of ether oxygens (including phenoxy) is 2. The van der Waals surface area contributed by atoms with E-state index in [-0.39, 0.29) is 17.3 Å². The van der Waals surface area contributed by atoms with E-state index in [1.165, 1.54) is 27.8 Å². The van der Waals surface area contributed by atoms with E-state index < -0.39 is 10.0 Å². The van der Waals surface area contributed by atoms with Crippen molar-refractivity contribution in [2.45, 2.75) is 4.90 Å². The van der Waals surface area contributed by atoms with E-state index in [9.17, 15) is 13.2 Å². The molecule has 0 aliphatic carbocycles. The highest BCUT2D eigenvalue weighted by molar-refractivity contribution is 7.89. The first-order valence-electron chi connectivity index (χ1n) is 9.48. The van der Waals surface area contributed by atoms with Gasteiger partial charge in [-0.3, -0.25) is 4.79 Å². The van der Waals surface area contributed by atoms with Crippen LogP contribution in [0.15, 0.2) is 34.5 Å². The Morgan fingerprint density at radius 1 is 1.20 bits per heavy atom. The zero-order valence-electron chi connectivity index (χ0n) is 16.1. The minimum absolute atomic E-state index is 0.176. The Hall–Kier alpha value is -2.65. The summed E-state index contributed by atoms with van der Waals surface area (Å²) in [5.41, 5.74) is 0.443. The molecule has 158 valence electrons. The number of nitrogens with zero attached hydrogens (tertiary/aromatic N) is 2. The standard InChI is InChI=1S/C19H20N4O5S2/c20-12-14-3-10-29-19(14)21-18(24)13-22-4-6-23(7-5-22)30(25,26)15-1-2-16-17(11-15)28-9-8-27-16/h1-3,10-11H,4-9,13H2,(H,21,24)/p+1. The summed E-state index contributed by atoms with van der Waals surface area (Å²) in [6.07, 6.45) is 0. The van der Waals surface area contributed by atoms with Gasteiger partial charge in [0, 0.05) is 6.07 Å². The van der Waals surface area contributed by atoms with Crippen molar-refractivity contribution in [2.75, 3.05) is 51.3 Å². The minimum Gasteiger partial charge on any atom is -0.486 e. The molecule has 4 rings (SSSR count). The number of hydrogen-bond acceptors (Lipinski definition) is 7. The van der Waals surface area contributed by atoms with Crippen LogP contribution in [0.4, 0.5) is 5.00 Å². The zero-order valence-corrected chi connectivity index (χ0v) is 17.7. The summed E-state index contributed by atoms with van der Waals surface area (Å²) >= 11 is 1.31. The first kappa shape index (κ1) is 20.6. The number of piperazine rings is 1. The molecule has 1 fully saturated rings. The van der Waals surface area contributed by atoms with Gasteiger partial charge >= 0.3 is 0 Å². The highest BCUT2D eigenvalue weighted by Crippen LogP contribution is 2.33. The number of nitrogens with one attached hydrogen (secondary N) is 2. The monoisotopic (exact) mass is 449 g/mol.